The van der Waals surface area contributed by atoms with Crippen molar-refractivity contribution in [2.24, 2.45) is 0 Å². The molecule has 0 aliphatic carbocycles. The van der Waals surface area contributed by atoms with Gasteiger partial charge in [-0.15, -0.1) is 11.3 Å². The molecule has 0 radical (unpaired) electrons. The second kappa shape index (κ2) is 13.1. The molecule has 4 aromatic rings. The third-order valence-electron chi connectivity index (χ3n) is 6.32. The van der Waals surface area contributed by atoms with E-state index in [0.717, 1.165) is 30.0 Å². The van der Waals surface area contributed by atoms with Crippen LogP contribution in [0.4, 0.5) is 4.39 Å². The van der Waals surface area contributed by atoms with E-state index in [4.69, 9.17) is 0 Å². The average molecular weight is 533 g/mol. The molecule has 4 rings (SSSR count). The third-order valence-corrected chi connectivity index (χ3v) is 7.16. The molecule has 0 spiro atoms. The first kappa shape index (κ1) is 27.3. The average Bonchev–Trinajstić information content (AvgIpc) is 3.58. The Morgan fingerprint density at radius 3 is 2.58 bits per heavy atom. The minimum absolute atomic E-state index is 0.0344. The van der Waals surface area contributed by atoms with Crippen LogP contribution in [-0.4, -0.2) is 38.9 Å². The molecule has 0 aliphatic heterocycles. The van der Waals surface area contributed by atoms with Gasteiger partial charge in [-0.05, 0) is 68.1 Å². The second-order valence-corrected chi connectivity index (χ2v) is 10.3. The molecule has 1 unspecified atom stereocenters. The smallest absolute Gasteiger partial charge is 0.270 e. The monoisotopic (exact) mass is 532 g/mol. The van der Waals surface area contributed by atoms with E-state index in [9.17, 15) is 14.0 Å². The van der Waals surface area contributed by atoms with Crippen molar-refractivity contribution in [2.75, 3.05) is 6.54 Å². The summed E-state index contributed by atoms with van der Waals surface area (Å²) in [6.07, 6.45) is 4.51. The maximum atomic E-state index is 13.3. The van der Waals surface area contributed by atoms with Gasteiger partial charge in [0.05, 0.1) is 13.1 Å². The highest BCUT2D eigenvalue weighted by Crippen LogP contribution is 2.17. The van der Waals surface area contributed by atoms with Gasteiger partial charge in [0.2, 0.25) is 0 Å². The van der Waals surface area contributed by atoms with Crippen LogP contribution in [0.3, 0.4) is 0 Å². The zero-order chi connectivity index (χ0) is 26.9. The van der Waals surface area contributed by atoms with E-state index in [1.807, 2.05) is 54.9 Å². The van der Waals surface area contributed by atoms with E-state index in [1.165, 1.54) is 41.2 Å². The van der Waals surface area contributed by atoms with Crippen LogP contribution in [0, 0.1) is 5.82 Å². The van der Waals surface area contributed by atoms with Crippen LogP contribution in [0.5, 0.6) is 0 Å². The minimum atomic E-state index is -0.365. The van der Waals surface area contributed by atoms with Gasteiger partial charge < -0.3 is 14.8 Å². The van der Waals surface area contributed by atoms with Crippen LogP contribution in [0.25, 0.3) is 0 Å². The summed E-state index contributed by atoms with van der Waals surface area (Å²) in [6.45, 7) is 5.55. The Balaban J connectivity index is 1.35. The number of carbonyl (C=O) groups is 2. The fourth-order valence-electron chi connectivity index (χ4n) is 4.27. The lowest BCUT2D eigenvalue weighted by Crippen LogP contribution is -2.33. The molecule has 2 aromatic carbocycles. The predicted octanol–water partition coefficient (Wildman–Crippen LogP) is 5.94. The third kappa shape index (κ3) is 7.38. The lowest BCUT2D eigenvalue weighted by molar-refractivity contribution is 0.0739. The summed E-state index contributed by atoms with van der Waals surface area (Å²) in [5.74, 6) is -0.662. The number of nitrogens with zero attached hydrogens (tertiary/aromatic N) is 3. The number of hydrogen-bond donors (Lipinski definition) is 1. The molecule has 0 saturated heterocycles. The Kier molecular flexibility index (Phi) is 9.43. The van der Waals surface area contributed by atoms with Crippen molar-refractivity contribution in [3.63, 3.8) is 0 Å². The van der Waals surface area contributed by atoms with E-state index in [1.54, 1.807) is 10.3 Å². The van der Waals surface area contributed by atoms with E-state index in [0.29, 0.717) is 30.9 Å². The summed E-state index contributed by atoms with van der Waals surface area (Å²) >= 11 is 1.45. The largest absolute Gasteiger partial charge is 0.348 e. The minimum Gasteiger partial charge on any atom is -0.348 e. The zero-order valence-electron chi connectivity index (χ0n) is 21.8. The molecule has 0 fully saturated rings. The molecule has 1 atom stereocenters. The molecule has 2 heterocycles. The Labute approximate surface area is 227 Å². The molecular weight excluding hydrogens is 499 g/mol. The molecule has 1 N–H and O–H groups in total. The van der Waals surface area contributed by atoms with E-state index < -0.39 is 0 Å². The van der Waals surface area contributed by atoms with Gasteiger partial charge in [-0.25, -0.2) is 9.37 Å². The molecule has 2 aromatic heterocycles. The quantitative estimate of drug-likeness (QED) is 0.246. The van der Waals surface area contributed by atoms with Gasteiger partial charge in [0.25, 0.3) is 11.8 Å². The Morgan fingerprint density at radius 1 is 1.08 bits per heavy atom. The maximum Gasteiger partial charge on any atom is 0.270 e. The first-order chi connectivity index (χ1) is 18.4. The number of rotatable bonds is 12. The van der Waals surface area contributed by atoms with Gasteiger partial charge >= 0.3 is 0 Å². The number of nitrogens with one attached hydrogen (secondary N) is 1. The summed E-state index contributed by atoms with van der Waals surface area (Å²) in [7, 11) is 0. The lowest BCUT2D eigenvalue weighted by atomic mass is 10.1. The SMILES string of the molecule is CCCN(Cc1cccn1Cc1nc(C(=O)NC(C)CCc2ccccc2)cs1)C(=O)c1ccc(F)cc1. The van der Waals surface area contributed by atoms with Gasteiger partial charge in [0.1, 0.15) is 16.5 Å². The number of amides is 2. The number of aromatic nitrogens is 2. The van der Waals surface area contributed by atoms with Gasteiger partial charge in [-0.3, -0.25) is 9.59 Å². The molecule has 2 amide bonds. The van der Waals surface area contributed by atoms with Crippen molar-refractivity contribution in [1.29, 1.82) is 0 Å². The van der Waals surface area contributed by atoms with Crippen molar-refractivity contribution in [3.05, 3.63) is 112 Å². The van der Waals surface area contributed by atoms with Crippen molar-refractivity contribution < 1.29 is 14.0 Å². The molecule has 38 heavy (non-hydrogen) atoms. The molecular formula is C30H33FN4O2S. The van der Waals surface area contributed by atoms with Crippen LogP contribution >= 0.6 is 11.3 Å². The molecule has 198 valence electrons. The summed E-state index contributed by atoms with van der Waals surface area (Å²) in [6, 6.07) is 19.8. The van der Waals surface area contributed by atoms with Gasteiger partial charge in [-0.2, -0.15) is 0 Å². The topological polar surface area (TPSA) is 67.2 Å². The first-order valence-electron chi connectivity index (χ1n) is 12.9. The molecule has 0 bridgehead atoms. The van der Waals surface area contributed by atoms with Crippen LogP contribution < -0.4 is 5.32 Å². The Bertz CT molecular complexity index is 1330. The van der Waals surface area contributed by atoms with Crippen LogP contribution in [0.2, 0.25) is 0 Å². The fourth-order valence-corrected chi connectivity index (χ4v) is 5.04. The molecule has 8 heteroatoms. The van der Waals surface area contributed by atoms with Gasteiger partial charge in [0.15, 0.2) is 0 Å². The first-order valence-corrected chi connectivity index (χ1v) is 13.8. The maximum absolute atomic E-state index is 13.3. The Hall–Kier alpha value is -3.78. The van der Waals surface area contributed by atoms with E-state index in [2.05, 4.69) is 22.4 Å². The summed E-state index contributed by atoms with van der Waals surface area (Å²) in [5, 5.41) is 5.66. The number of benzene rings is 2. The van der Waals surface area contributed by atoms with E-state index >= 15 is 0 Å². The molecule has 0 saturated carbocycles. The van der Waals surface area contributed by atoms with Crippen molar-refractivity contribution >= 4 is 23.2 Å². The summed E-state index contributed by atoms with van der Waals surface area (Å²) in [5.41, 5.74) is 3.10. The highest BCUT2D eigenvalue weighted by Gasteiger charge is 2.18. The predicted molar refractivity (Wildman–Crippen MR) is 149 cm³/mol. The standard InChI is InChI=1S/C30H33FN4O2S/c1-3-17-35(30(37)24-13-15-25(31)16-14-24)19-26-10-7-18-34(26)20-28-33-27(21-38-28)29(36)32-22(2)11-12-23-8-5-4-6-9-23/h4-10,13-16,18,21-22H,3,11-12,17,19-20H2,1-2H3,(H,32,36). The number of aryl methyl sites for hydroxylation is 1. The fraction of sp³-hybridized carbons (Fsp3) is 0.300. The van der Waals surface area contributed by atoms with Crippen LogP contribution in [0.1, 0.15) is 63.8 Å². The van der Waals surface area contributed by atoms with Crippen molar-refractivity contribution in [1.82, 2.24) is 19.8 Å². The second-order valence-electron chi connectivity index (χ2n) is 9.39. The normalized spacial score (nSPS) is 11.8. The van der Waals surface area contributed by atoms with Gasteiger partial charge in [0, 0.05) is 35.4 Å². The van der Waals surface area contributed by atoms with Crippen LogP contribution in [-0.2, 0) is 19.5 Å². The number of hydrogen-bond acceptors (Lipinski definition) is 4. The summed E-state index contributed by atoms with van der Waals surface area (Å²) in [4.78, 5) is 32.2. The number of halogens is 1. The lowest BCUT2D eigenvalue weighted by Gasteiger charge is -2.23. The molecule has 0 aliphatic rings. The zero-order valence-corrected chi connectivity index (χ0v) is 22.6. The van der Waals surface area contributed by atoms with Crippen LogP contribution in [0.15, 0.2) is 78.3 Å². The highest BCUT2D eigenvalue weighted by molar-refractivity contribution is 7.09. The summed E-state index contributed by atoms with van der Waals surface area (Å²) < 4.78 is 15.4. The number of thiazole rings is 1. The van der Waals surface area contributed by atoms with E-state index in [-0.39, 0.29) is 23.7 Å². The van der Waals surface area contributed by atoms with Crippen molar-refractivity contribution in [3.8, 4) is 0 Å². The van der Waals surface area contributed by atoms with Gasteiger partial charge in [-0.1, -0.05) is 37.3 Å². The highest BCUT2D eigenvalue weighted by atomic mass is 32.1. The number of carbonyl (C=O) groups excluding carboxylic acids is 2. The molecule has 6 nitrogen and oxygen atoms in total. The van der Waals surface area contributed by atoms with Crippen molar-refractivity contribution in [2.45, 2.75) is 52.2 Å². The Morgan fingerprint density at radius 2 is 1.84 bits per heavy atom.